The molecule has 0 saturated heterocycles. The Kier molecular flexibility index (Phi) is 3.65. The summed E-state index contributed by atoms with van der Waals surface area (Å²) in [5.41, 5.74) is 3.21. The molecule has 2 heterocycles. The first-order valence-corrected chi connectivity index (χ1v) is 6.16. The number of methoxy groups -OCH3 is 1. The van der Waals surface area contributed by atoms with Crippen LogP contribution in [0.5, 0.6) is 5.75 Å². The second-order valence-corrected chi connectivity index (χ2v) is 4.37. The van der Waals surface area contributed by atoms with Crippen LogP contribution in [0.15, 0.2) is 18.6 Å². The molecule has 0 unspecified atom stereocenters. The highest BCUT2D eigenvalue weighted by Crippen LogP contribution is 2.24. The first-order chi connectivity index (χ1) is 8.67. The van der Waals surface area contributed by atoms with Gasteiger partial charge in [-0.2, -0.15) is 0 Å². The van der Waals surface area contributed by atoms with E-state index in [4.69, 9.17) is 4.74 Å². The molecule has 0 saturated carbocycles. The van der Waals surface area contributed by atoms with Crippen LogP contribution in [0.25, 0.3) is 0 Å². The van der Waals surface area contributed by atoms with Gasteiger partial charge in [0.25, 0.3) is 0 Å². The van der Waals surface area contributed by atoms with Crippen molar-refractivity contribution >= 4 is 0 Å². The van der Waals surface area contributed by atoms with E-state index in [-0.39, 0.29) is 0 Å². The van der Waals surface area contributed by atoms with Crippen LogP contribution in [-0.4, -0.2) is 21.6 Å². The number of ether oxygens (including phenoxy) is 1. The van der Waals surface area contributed by atoms with Crippen molar-refractivity contribution < 1.29 is 4.74 Å². The summed E-state index contributed by atoms with van der Waals surface area (Å²) in [5, 5.41) is 0. The Bertz CT molecular complexity index is 546. The van der Waals surface area contributed by atoms with Crippen LogP contribution in [0.4, 0.5) is 0 Å². The van der Waals surface area contributed by atoms with Crippen LogP contribution in [0.1, 0.15) is 29.6 Å². The third-order valence-electron chi connectivity index (χ3n) is 3.19. The molecule has 4 heteroatoms. The molecule has 0 radical (unpaired) electrons. The van der Waals surface area contributed by atoms with Gasteiger partial charge in [-0.15, -0.1) is 0 Å². The van der Waals surface area contributed by atoms with Gasteiger partial charge in [-0.1, -0.05) is 6.92 Å². The molecule has 2 aromatic heterocycles. The van der Waals surface area contributed by atoms with Crippen LogP contribution in [-0.2, 0) is 13.0 Å². The predicted molar refractivity (Wildman–Crippen MR) is 71.0 cm³/mol. The minimum atomic E-state index is 0.742. The van der Waals surface area contributed by atoms with E-state index in [1.54, 1.807) is 7.11 Å². The van der Waals surface area contributed by atoms with Gasteiger partial charge in [-0.25, -0.2) is 4.98 Å². The Morgan fingerprint density at radius 3 is 2.72 bits per heavy atom. The van der Waals surface area contributed by atoms with Gasteiger partial charge in [-0.3, -0.25) is 4.98 Å². The molecule has 0 N–H and O–H groups in total. The van der Waals surface area contributed by atoms with Crippen LogP contribution < -0.4 is 4.74 Å². The number of pyridine rings is 1. The lowest BCUT2D eigenvalue weighted by Gasteiger charge is -2.13. The summed E-state index contributed by atoms with van der Waals surface area (Å²) in [6, 6.07) is 0. The molecule has 0 spiro atoms. The molecule has 96 valence electrons. The molecule has 0 amide bonds. The fourth-order valence-corrected chi connectivity index (χ4v) is 2.19. The number of hydrogen-bond acceptors (Lipinski definition) is 3. The summed E-state index contributed by atoms with van der Waals surface area (Å²) in [6.07, 6.45) is 6.62. The smallest absolute Gasteiger partial charge is 0.128 e. The van der Waals surface area contributed by atoms with E-state index in [1.165, 1.54) is 0 Å². The number of nitrogens with zero attached hydrogens (tertiary/aromatic N) is 3. The highest BCUT2D eigenvalue weighted by atomic mass is 16.5. The van der Waals surface area contributed by atoms with E-state index in [0.717, 1.165) is 41.4 Å². The van der Waals surface area contributed by atoms with Gasteiger partial charge in [0.05, 0.1) is 19.3 Å². The van der Waals surface area contributed by atoms with Crippen molar-refractivity contribution in [1.82, 2.24) is 14.5 Å². The average molecular weight is 245 g/mol. The van der Waals surface area contributed by atoms with Gasteiger partial charge in [0, 0.05) is 36.1 Å². The third kappa shape index (κ3) is 2.23. The Hall–Kier alpha value is -1.84. The van der Waals surface area contributed by atoms with Crippen molar-refractivity contribution in [1.29, 1.82) is 0 Å². The number of rotatable bonds is 4. The fourth-order valence-electron chi connectivity index (χ4n) is 2.19. The molecular weight excluding hydrogens is 226 g/mol. The van der Waals surface area contributed by atoms with Crippen LogP contribution in [0.2, 0.25) is 0 Å². The van der Waals surface area contributed by atoms with E-state index in [2.05, 4.69) is 28.4 Å². The van der Waals surface area contributed by atoms with Crippen molar-refractivity contribution in [2.24, 2.45) is 0 Å². The molecule has 2 rings (SSSR count). The lowest BCUT2D eigenvalue weighted by Crippen LogP contribution is -2.08. The van der Waals surface area contributed by atoms with Crippen LogP contribution >= 0.6 is 0 Å². The molecule has 0 aliphatic carbocycles. The van der Waals surface area contributed by atoms with Gasteiger partial charge < -0.3 is 9.30 Å². The van der Waals surface area contributed by atoms with Gasteiger partial charge in [-0.05, 0) is 13.8 Å². The highest BCUT2D eigenvalue weighted by molar-refractivity contribution is 5.41. The first-order valence-electron chi connectivity index (χ1n) is 6.16. The lowest BCUT2D eigenvalue weighted by molar-refractivity contribution is 0.406. The van der Waals surface area contributed by atoms with E-state index >= 15 is 0 Å². The molecular formula is C14H19N3O. The molecule has 0 aliphatic rings. The van der Waals surface area contributed by atoms with E-state index in [9.17, 15) is 0 Å². The summed E-state index contributed by atoms with van der Waals surface area (Å²) in [7, 11) is 1.70. The van der Waals surface area contributed by atoms with Gasteiger partial charge in [0.1, 0.15) is 11.6 Å². The topological polar surface area (TPSA) is 39.9 Å². The average Bonchev–Trinajstić information content (AvgIpc) is 2.81. The van der Waals surface area contributed by atoms with Gasteiger partial charge in [0.2, 0.25) is 0 Å². The Balaban J connectivity index is 2.35. The SMILES string of the molecule is CCc1nccn1Cc1ncc(C)c(OC)c1C. The maximum Gasteiger partial charge on any atom is 0.128 e. The molecule has 0 aromatic carbocycles. The van der Waals surface area contributed by atoms with Crippen molar-refractivity contribution in [3.63, 3.8) is 0 Å². The summed E-state index contributed by atoms with van der Waals surface area (Å²) < 4.78 is 7.56. The zero-order chi connectivity index (χ0) is 13.1. The maximum absolute atomic E-state index is 5.43. The fraction of sp³-hybridized carbons (Fsp3) is 0.429. The van der Waals surface area contributed by atoms with Gasteiger partial charge in [0.15, 0.2) is 0 Å². The largest absolute Gasteiger partial charge is 0.496 e. The molecule has 0 bridgehead atoms. The van der Waals surface area contributed by atoms with Crippen LogP contribution in [0.3, 0.4) is 0 Å². The minimum absolute atomic E-state index is 0.742. The first kappa shape index (κ1) is 12.6. The van der Waals surface area contributed by atoms with Crippen molar-refractivity contribution in [3.8, 4) is 5.75 Å². The second-order valence-electron chi connectivity index (χ2n) is 4.37. The molecule has 18 heavy (non-hydrogen) atoms. The normalized spacial score (nSPS) is 10.7. The summed E-state index contributed by atoms with van der Waals surface area (Å²) >= 11 is 0. The molecule has 2 aromatic rings. The Labute approximate surface area is 108 Å². The second kappa shape index (κ2) is 5.21. The minimum Gasteiger partial charge on any atom is -0.496 e. The molecule has 0 fully saturated rings. The summed E-state index contributed by atoms with van der Waals surface area (Å²) in [6.45, 7) is 6.91. The quantitative estimate of drug-likeness (QED) is 0.831. The Morgan fingerprint density at radius 1 is 1.28 bits per heavy atom. The van der Waals surface area contributed by atoms with Crippen LogP contribution in [0, 0.1) is 13.8 Å². The standard InChI is InChI=1S/C14H19N3O/c1-5-13-15-6-7-17(13)9-12-11(3)14(18-4)10(2)8-16-12/h6-8H,5,9H2,1-4H3. The zero-order valence-electron chi connectivity index (χ0n) is 11.4. The van der Waals surface area contributed by atoms with E-state index < -0.39 is 0 Å². The van der Waals surface area contributed by atoms with Crippen molar-refractivity contribution in [2.75, 3.05) is 7.11 Å². The zero-order valence-corrected chi connectivity index (χ0v) is 11.4. The van der Waals surface area contributed by atoms with Crippen molar-refractivity contribution in [2.45, 2.75) is 33.7 Å². The third-order valence-corrected chi connectivity index (χ3v) is 3.19. The summed E-state index contributed by atoms with van der Waals surface area (Å²) in [4.78, 5) is 8.83. The van der Waals surface area contributed by atoms with E-state index in [1.807, 2.05) is 25.5 Å². The molecule has 0 aliphatic heterocycles. The summed E-state index contributed by atoms with van der Waals surface area (Å²) in [5.74, 6) is 2.01. The van der Waals surface area contributed by atoms with E-state index in [0.29, 0.717) is 0 Å². The monoisotopic (exact) mass is 245 g/mol. The number of aryl methyl sites for hydroxylation is 2. The van der Waals surface area contributed by atoms with Gasteiger partial charge >= 0.3 is 0 Å². The number of hydrogen-bond donors (Lipinski definition) is 0. The lowest BCUT2D eigenvalue weighted by atomic mass is 10.1. The maximum atomic E-state index is 5.43. The van der Waals surface area contributed by atoms with Crippen molar-refractivity contribution in [3.05, 3.63) is 41.2 Å². The highest BCUT2D eigenvalue weighted by Gasteiger charge is 2.10. The molecule has 0 atom stereocenters. The number of imidazole rings is 1. The Morgan fingerprint density at radius 2 is 2.06 bits per heavy atom. The molecule has 4 nitrogen and oxygen atoms in total. The number of aromatic nitrogens is 3. The predicted octanol–water partition coefficient (Wildman–Crippen LogP) is 2.51.